The van der Waals surface area contributed by atoms with Gasteiger partial charge in [0.1, 0.15) is 10.4 Å². The van der Waals surface area contributed by atoms with E-state index in [1.807, 2.05) is 0 Å². The van der Waals surface area contributed by atoms with E-state index in [-0.39, 0.29) is 23.5 Å². The minimum atomic E-state index is -0.696. The molecule has 0 spiro atoms. The van der Waals surface area contributed by atoms with Crippen LogP contribution in [0.1, 0.15) is 32.6 Å². The average Bonchev–Trinajstić information content (AvgIpc) is 3.06. The summed E-state index contributed by atoms with van der Waals surface area (Å²) in [4.78, 5) is 37.1. The normalized spacial score (nSPS) is 14.8. The second-order valence-electron chi connectivity index (χ2n) is 4.85. The number of imide groups is 1. The minimum absolute atomic E-state index is 0.0102. The van der Waals surface area contributed by atoms with Crippen LogP contribution in [0, 0.1) is 0 Å². The fraction of sp³-hybridized carbons (Fsp3) is 0.214. The monoisotopic (exact) mass is 350 g/mol. The maximum atomic E-state index is 12.3. The summed E-state index contributed by atoms with van der Waals surface area (Å²) in [5.41, 5.74) is 0.762. The Bertz CT molecular complexity index is 770. The number of rotatable bonds is 4. The number of aromatic nitrogens is 2. The average molecular weight is 351 g/mol. The van der Waals surface area contributed by atoms with Gasteiger partial charge >= 0.3 is 0 Å². The number of carbonyl (C=O) groups excluding carboxylic acids is 3. The lowest BCUT2D eigenvalue weighted by molar-refractivity contribution is -0.115. The first-order chi connectivity index (χ1) is 11.0. The standard InChI is InChI=1S/C14H11ClN4O3S/c1-7(15)11(20)16-14-18-17-10(23-14)6-19-12(21)8-4-2-3-5-9(8)13(19)22/h2-5,7H,6H2,1H3,(H,16,18,20). The summed E-state index contributed by atoms with van der Waals surface area (Å²) in [6, 6.07) is 6.64. The van der Waals surface area contributed by atoms with Crippen LogP contribution in [0.3, 0.4) is 0 Å². The molecule has 0 saturated carbocycles. The van der Waals surface area contributed by atoms with Gasteiger partial charge in [-0.3, -0.25) is 24.6 Å². The van der Waals surface area contributed by atoms with Crippen LogP contribution < -0.4 is 5.32 Å². The SMILES string of the molecule is CC(Cl)C(=O)Nc1nnc(CN2C(=O)c3ccccc3C2=O)s1. The molecule has 1 aliphatic rings. The lowest BCUT2D eigenvalue weighted by Gasteiger charge is -2.10. The third kappa shape index (κ3) is 2.95. The van der Waals surface area contributed by atoms with E-state index in [0.29, 0.717) is 16.1 Å². The molecule has 118 valence electrons. The first-order valence-electron chi connectivity index (χ1n) is 6.70. The van der Waals surface area contributed by atoms with Gasteiger partial charge in [0.25, 0.3) is 11.8 Å². The van der Waals surface area contributed by atoms with Crippen molar-refractivity contribution in [2.45, 2.75) is 18.8 Å². The minimum Gasteiger partial charge on any atom is -0.299 e. The van der Waals surface area contributed by atoms with Crippen molar-refractivity contribution < 1.29 is 14.4 Å². The van der Waals surface area contributed by atoms with Gasteiger partial charge in [-0.25, -0.2) is 0 Å². The van der Waals surface area contributed by atoms with Crippen molar-refractivity contribution in [2.75, 3.05) is 5.32 Å². The quantitative estimate of drug-likeness (QED) is 0.671. The lowest BCUT2D eigenvalue weighted by Crippen LogP contribution is -2.29. The Morgan fingerprint density at radius 1 is 1.26 bits per heavy atom. The molecule has 9 heteroatoms. The zero-order valence-electron chi connectivity index (χ0n) is 11.9. The molecule has 1 atom stereocenters. The Morgan fingerprint density at radius 2 is 1.87 bits per heavy atom. The lowest BCUT2D eigenvalue weighted by atomic mass is 10.1. The van der Waals surface area contributed by atoms with Crippen molar-refractivity contribution in [1.29, 1.82) is 0 Å². The third-order valence-corrected chi connectivity index (χ3v) is 4.25. The molecule has 1 aliphatic heterocycles. The van der Waals surface area contributed by atoms with Crippen LogP contribution in [-0.2, 0) is 11.3 Å². The molecule has 3 amide bonds. The number of benzene rings is 1. The van der Waals surface area contributed by atoms with Crippen LogP contribution in [0.4, 0.5) is 5.13 Å². The Hall–Kier alpha value is -2.32. The number of alkyl halides is 1. The van der Waals surface area contributed by atoms with Gasteiger partial charge in [0.15, 0.2) is 0 Å². The van der Waals surface area contributed by atoms with E-state index in [4.69, 9.17) is 11.6 Å². The second-order valence-corrected chi connectivity index (χ2v) is 6.56. The molecule has 0 fully saturated rings. The molecule has 1 aromatic heterocycles. The van der Waals surface area contributed by atoms with E-state index in [0.717, 1.165) is 16.2 Å². The van der Waals surface area contributed by atoms with Crippen LogP contribution in [0.25, 0.3) is 0 Å². The highest BCUT2D eigenvalue weighted by molar-refractivity contribution is 7.15. The highest BCUT2D eigenvalue weighted by Gasteiger charge is 2.35. The van der Waals surface area contributed by atoms with Crippen molar-refractivity contribution in [2.24, 2.45) is 0 Å². The maximum absolute atomic E-state index is 12.3. The van der Waals surface area contributed by atoms with E-state index < -0.39 is 11.3 Å². The van der Waals surface area contributed by atoms with Gasteiger partial charge in [-0.05, 0) is 19.1 Å². The summed E-state index contributed by atoms with van der Waals surface area (Å²) < 4.78 is 0. The number of anilines is 1. The molecule has 3 rings (SSSR count). The van der Waals surface area contributed by atoms with E-state index in [1.54, 1.807) is 24.3 Å². The zero-order valence-corrected chi connectivity index (χ0v) is 13.5. The number of halogens is 1. The van der Waals surface area contributed by atoms with Crippen molar-refractivity contribution in [3.8, 4) is 0 Å². The summed E-state index contributed by atoms with van der Waals surface area (Å²) in [5.74, 6) is -1.11. The van der Waals surface area contributed by atoms with Crippen molar-refractivity contribution in [3.05, 3.63) is 40.4 Å². The predicted octanol–water partition coefficient (Wildman–Crippen LogP) is 1.90. The molecular weight excluding hydrogens is 340 g/mol. The fourth-order valence-corrected chi connectivity index (χ4v) is 2.88. The second kappa shape index (κ2) is 6.05. The molecule has 0 bridgehead atoms. The van der Waals surface area contributed by atoms with Crippen LogP contribution >= 0.6 is 22.9 Å². The molecule has 23 heavy (non-hydrogen) atoms. The number of nitrogens with one attached hydrogen (secondary N) is 1. The number of carbonyl (C=O) groups is 3. The summed E-state index contributed by atoms with van der Waals surface area (Å²) in [6.07, 6.45) is 0. The highest BCUT2D eigenvalue weighted by Crippen LogP contribution is 2.26. The Labute approximate surface area is 140 Å². The third-order valence-electron chi connectivity index (χ3n) is 3.23. The number of nitrogens with zero attached hydrogens (tertiary/aromatic N) is 3. The van der Waals surface area contributed by atoms with E-state index in [1.165, 1.54) is 6.92 Å². The number of fused-ring (bicyclic) bond motifs is 1. The first kappa shape index (κ1) is 15.6. The topological polar surface area (TPSA) is 92.3 Å². The molecule has 1 N–H and O–H groups in total. The number of amides is 3. The van der Waals surface area contributed by atoms with Crippen molar-refractivity contribution in [1.82, 2.24) is 15.1 Å². The summed E-state index contributed by atoms with van der Waals surface area (Å²) in [6.45, 7) is 1.55. The van der Waals surface area contributed by atoms with Crippen LogP contribution in [-0.4, -0.2) is 38.2 Å². The number of hydrogen-bond donors (Lipinski definition) is 1. The molecule has 1 aromatic carbocycles. The largest absolute Gasteiger partial charge is 0.299 e. The van der Waals surface area contributed by atoms with Crippen LogP contribution in [0.2, 0.25) is 0 Å². The van der Waals surface area contributed by atoms with Gasteiger partial charge in [-0.15, -0.1) is 21.8 Å². The van der Waals surface area contributed by atoms with E-state index in [2.05, 4.69) is 15.5 Å². The fourth-order valence-electron chi connectivity index (χ4n) is 2.09. The molecule has 1 unspecified atom stereocenters. The van der Waals surface area contributed by atoms with Gasteiger partial charge in [0.2, 0.25) is 11.0 Å². The molecule has 7 nitrogen and oxygen atoms in total. The molecule has 2 heterocycles. The summed E-state index contributed by atoms with van der Waals surface area (Å²) >= 11 is 6.75. The highest BCUT2D eigenvalue weighted by atomic mass is 35.5. The van der Waals surface area contributed by atoms with Gasteiger partial charge in [-0.2, -0.15) is 0 Å². The van der Waals surface area contributed by atoms with E-state index in [9.17, 15) is 14.4 Å². The Morgan fingerprint density at radius 3 is 2.43 bits per heavy atom. The van der Waals surface area contributed by atoms with Crippen molar-refractivity contribution >= 4 is 45.8 Å². The zero-order chi connectivity index (χ0) is 16.6. The van der Waals surface area contributed by atoms with Crippen LogP contribution in [0.15, 0.2) is 24.3 Å². The Balaban J connectivity index is 1.74. The molecular formula is C14H11ClN4O3S. The van der Waals surface area contributed by atoms with Gasteiger partial charge in [0, 0.05) is 0 Å². The van der Waals surface area contributed by atoms with Gasteiger partial charge < -0.3 is 0 Å². The number of hydrogen-bond acceptors (Lipinski definition) is 6. The van der Waals surface area contributed by atoms with Gasteiger partial charge in [0.05, 0.1) is 17.7 Å². The maximum Gasteiger partial charge on any atom is 0.261 e. The smallest absolute Gasteiger partial charge is 0.261 e. The van der Waals surface area contributed by atoms with Gasteiger partial charge in [-0.1, -0.05) is 23.5 Å². The Kier molecular flexibility index (Phi) is 4.10. The van der Waals surface area contributed by atoms with Crippen LogP contribution in [0.5, 0.6) is 0 Å². The van der Waals surface area contributed by atoms with Crippen molar-refractivity contribution in [3.63, 3.8) is 0 Å². The molecule has 0 radical (unpaired) electrons. The summed E-state index contributed by atoms with van der Waals surface area (Å²) in [7, 11) is 0. The predicted molar refractivity (Wildman–Crippen MR) is 84.5 cm³/mol. The molecule has 0 saturated heterocycles. The molecule has 0 aliphatic carbocycles. The first-order valence-corrected chi connectivity index (χ1v) is 7.95. The molecule has 2 aromatic rings. The van der Waals surface area contributed by atoms with E-state index >= 15 is 0 Å². The summed E-state index contributed by atoms with van der Waals surface area (Å²) in [5, 5.41) is 10.2.